The van der Waals surface area contributed by atoms with E-state index in [1.54, 1.807) is 0 Å². The van der Waals surface area contributed by atoms with Crippen LogP contribution in [-0.2, 0) is 9.59 Å². The van der Waals surface area contributed by atoms with Crippen molar-refractivity contribution in [3.8, 4) is 0 Å². The van der Waals surface area contributed by atoms with Crippen molar-refractivity contribution in [1.82, 2.24) is 4.90 Å². The van der Waals surface area contributed by atoms with Crippen LogP contribution in [0.25, 0.3) is 0 Å². The second kappa shape index (κ2) is 4.28. The Kier molecular flexibility index (Phi) is 3.41. The van der Waals surface area contributed by atoms with Gasteiger partial charge in [0.2, 0.25) is 0 Å². The molecule has 0 aromatic carbocycles. The number of alkyl halides is 3. The third-order valence-corrected chi connectivity index (χ3v) is 2.36. The van der Waals surface area contributed by atoms with Crippen LogP contribution in [0.15, 0.2) is 0 Å². The van der Waals surface area contributed by atoms with Crippen LogP contribution in [0.2, 0.25) is 0 Å². The van der Waals surface area contributed by atoms with Crippen LogP contribution in [-0.4, -0.2) is 47.2 Å². The summed E-state index contributed by atoms with van der Waals surface area (Å²) >= 11 is 0. The van der Waals surface area contributed by atoms with Gasteiger partial charge in [0.15, 0.2) is 0 Å². The van der Waals surface area contributed by atoms with Crippen LogP contribution in [0.5, 0.6) is 0 Å². The lowest BCUT2D eigenvalue weighted by molar-refractivity contribution is -0.188. The smallest absolute Gasteiger partial charge is 0.471 e. The number of hydrogen-bond donors (Lipinski definition) is 2. The lowest BCUT2D eigenvalue weighted by atomic mass is 9.95. The van der Waals surface area contributed by atoms with Gasteiger partial charge in [-0.25, -0.2) is 0 Å². The van der Waals surface area contributed by atoms with E-state index in [1.807, 2.05) is 0 Å². The molecule has 1 heterocycles. The molecule has 1 saturated heterocycles. The molecule has 16 heavy (non-hydrogen) atoms. The minimum atomic E-state index is -4.99. The van der Waals surface area contributed by atoms with Gasteiger partial charge in [-0.1, -0.05) is 0 Å². The van der Waals surface area contributed by atoms with Crippen molar-refractivity contribution in [2.75, 3.05) is 13.1 Å². The molecule has 3 N–H and O–H groups in total. The molecule has 0 aromatic rings. The predicted octanol–water partition coefficient (Wildman–Crippen LogP) is -0.191. The number of aliphatic carboxylic acids is 1. The summed E-state index contributed by atoms with van der Waals surface area (Å²) in [4.78, 5) is 22.0. The second-order valence-corrected chi connectivity index (χ2v) is 3.74. The summed E-state index contributed by atoms with van der Waals surface area (Å²) in [5.74, 6) is -4.31. The molecule has 0 aliphatic carbocycles. The summed E-state index contributed by atoms with van der Waals surface area (Å²) < 4.78 is 36.3. The first-order chi connectivity index (χ1) is 7.21. The fraction of sp³-hybridized carbons (Fsp3) is 0.750. The molecule has 0 saturated carbocycles. The van der Waals surface area contributed by atoms with Gasteiger partial charge >= 0.3 is 18.1 Å². The van der Waals surface area contributed by atoms with E-state index in [4.69, 9.17) is 10.8 Å². The monoisotopic (exact) mass is 240 g/mol. The highest BCUT2D eigenvalue weighted by molar-refractivity contribution is 5.83. The van der Waals surface area contributed by atoms with Gasteiger partial charge in [0.25, 0.3) is 0 Å². The topological polar surface area (TPSA) is 83.6 Å². The lowest BCUT2D eigenvalue weighted by Crippen LogP contribution is -2.54. The third-order valence-electron chi connectivity index (χ3n) is 2.36. The molecule has 0 radical (unpaired) electrons. The van der Waals surface area contributed by atoms with Gasteiger partial charge in [-0.2, -0.15) is 13.2 Å². The molecule has 0 unspecified atom stereocenters. The molecule has 5 nitrogen and oxygen atoms in total. The van der Waals surface area contributed by atoms with Crippen LogP contribution in [0, 0.1) is 5.92 Å². The number of carboxylic acid groups (broad SMARTS) is 1. The molecule has 1 amide bonds. The number of amides is 1. The minimum absolute atomic E-state index is 0.0803. The lowest BCUT2D eigenvalue weighted by Gasteiger charge is -2.34. The van der Waals surface area contributed by atoms with Crippen molar-refractivity contribution in [3.63, 3.8) is 0 Å². The molecule has 2 atom stereocenters. The minimum Gasteiger partial charge on any atom is -0.481 e. The van der Waals surface area contributed by atoms with Crippen LogP contribution in [0.3, 0.4) is 0 Å². The van der Waals surface area contributed by atoms with E-state index in [-0.39, 0.29) is 13.0 Å². The van der Waals surface area contributed by atoms with Crippen LogP contribution in [0.1, 0.15) is 6.42 Å². The molecular formula is C8H11F3N2O3. The van der Waals surface area contributed by atoms with E-state index in [0.717, 1.165) is 0 Å². The summed E-state index contributed by atoms with van der Waals surface area (Å²) in [7, 11) is 0. The van der Waals surface area contributed by atoms with Gasteiger partial charge in [0, 0.05) is 19.1 Å². The highest BCUT2D eigenvalue weighted by Crippen LogP contribution is 2.23. The summed E-state index contributed by atoms with van der Waals surface area (Å²) in [6.45, 7) is -0.705. The zero-order chi connectivity index (χ0) is 12.5. The second-order valence-electron chi connectivity index (χ2n) is 3.74. The average Bonchev–Trinajstić information content (AvgIpc) is 2.14. The number of nitrogens with zero attached hydrogens (tertiary/aromatic N) is 1. The molecular weight excluding hydrogens is 229 g/mol. The number of halogens is 3. The molecule has 1 fully saturated rings. The Hall–Kier alpha value is -1.31. The fourth-order valence-electron chi connectivity index (χ4n) is 1.66. The zero-order valence-electron chi connectivity index (χ0n) is 8.20. The van der Waals surface area contributed by atoms with E-state index in [0.29, 0.717) is 4.90 Å². The summed E-state index contributed by atoms with van der Waals surface area (Å²) in [5.41, 5.74) is 5.41. The normalized spacial score (nSPS) is 26.6. The number of likely N-dealkylation sites (tertiary alicyclic amines) is 1. The predicted molar refractivity (Wildman–Crippen MR) is 46.4 cm³/mol. The maximum absolute atomic E-state index is 12.1. The van der Waals surface area contributed by atoms with Crippen LogP contribution >= 0.6 is 0 Å². The first kappa shape index (κ1) is 12.8. The maximum Gasteiger partial charge on any atom is 0.471 e. The van der Waals surface area contributed by atoms with Crippen molar-refractivity contribution in [3.05, 3.63) is 0 Å². The molecule has 92 valence electrons. The van der Waals surface area contributed by atoms with E-state index >= 15 is 0 Å². The van der Waals surface area contributed by atoms with Gasteiger partial charge < -0.3 is 15.7 Å². The average molecular weight is 240 g/mol. The van der Waals surface area contributed by atoms with Crippen molar-refractivity contribution in [1.29, 1.82) is 0 Å². The Bertz CT molecular complexity index is 305. The molecule has 0 spiro atoms. The fourth-order valence-corrected chi connectivity index (χ4v) is 1.66. The standard InChI is InChI=1S/C8H11F3N2O3/c9-8(10,11)7(16)13-2-4(6(14)15)1-5(12)3-13/h4-5H,1-3,12H2,(H,14,15)/t4-,5+/m1/s1. The molecule has 0 bridgehead atoms. The molecule has 1 rings (SSSR count). The number of rotatable bonds is 1. The number of carbonyl (C=O) groups is 2. The number of carbonyl (C=O) groups excluding carboxylic acids is 1. The quantitative estimate of drug-likeness (QED) is 0.665. The van der Waals surface area contributed by atoms with Gasteiger partial charge in [-0.05, 0) is 6.42 Å². The van der Waals surface area contributed by atoms with E-state index in [9.17, 15) is 22.8 Å². The van der Waals surface area contributed by atoms with Gasteiger partial charge in [0.05, 0.1) is 5.92 Å². The van der Waals surface area contributed by atoms with Gasteiger partial charge in [-0.15, -0.1) is 0 Å². The van der Waals surface area contributed by atoms with Crippen LogP contribution < -0.4 is 5.73 Å². The van der Waals surface area contributed by atoms with E-state index in [1.165, 1.54) is 0 Å². The van der Waals surface area contributed by atoms with E-state index in [2.05, 4.69) is 0 Å². The summed E-state index contributed by atoms with van der Waals surface area (Å²) in [5, 5.41) is 8.68. The Morgan fingerprint density at radius 3 is 2.31 bits per heavy atom. The molecule has 8 heteroatoms. The largest absolute Gasteiger partial charge is 0.481 e. The highest BCUT2D eigenvalue weighted by atomic mass is 19.4. The third kappa shape index (κ3) is 2.84. The SMILES string of the molecule is N[C@H]1C[C@@H](C(=O)O)CN(C(=O)C(F)(F)F)C1. The molecule has 1 aliphatic rings. The highest BCUT2D eigenvalue weighted by Gasteiger charge is 2.45. The Morgan fingerprint density at radius 1 is 1.31 bits per heavy atom. The maximum atomic E-state index is 12.1. The Morgan fingerprint density at radius 2 is 1.88 bits per heavy atom. The van der Waals surface area contributed by atoms with Gasteiger partial charge in [0.1, 0.15) is 0 Å². The summed E-state index contributed by atoms with van der Waals surface area (Å²) in [6, 6.07) is -0.735. The molecule has 0 aromatic heterocycles. The first-order valence-electron chi connectivity index (χ1n) is 4.56. The van der Waals surface area contributed by atoms with E-state index < -0.39 is 36.6 Å². The number of hydrogen-bond acceptors (Lipinski definition) is 3. The van der Waals surface area contributed by atoms with Crippen molar-refractivity contribution in [2.24, 2.45) is 11.7 Å². The first-order valence-corrected chi connectivity index (χ1v) is 4.56. The Labute approximate surface area is 89.0 Å². The number of carboxylic acids is 1. The van der Waals surface area contributed by atoms with Crippen molar-refractivity contribution < 1.29 is 27.9 Å². The number of piperidine rings is 1. The summed E-state index contributed by atoms with van der Waals surface area (Å²) in [6.07, 6.45) is -4.91. The van der Waals surface area contributed by atoms with Gasteiger partial charge in [-0.3, -0.25) is 9.59 Å². The molecule has 1 aliphatic heterocycles. The van der Waals surface area contributed by atoms with Crippen molar-refractivity contribution >= 4 is 11.9 Å². The number of nitrogens with two attached hydrogens (primary N) is 1. The van der Waals surface area contributed by atoms with Crippen LogP contribution in [0.4, 0.5) is 13.2 Å². The zero-order valence-corrected chi connectivity index (χ0v) is 8.20. The Balaban J connectivity index is 2.75. The van der Waals surface area contributed by atoms with Crippen molar-refractivity contribution in [2.45, 2.75) is 18.6 Å².